The van der Waals surface area contributed by atoms with Crippen LogP contribution in [0.2, 0.25) is 0 Å². The molecule has 1 heterocycles. The third kappa shape index (κ3) is 2.37. The lowest BCUT2D eigenvalue weighted by molar-refractivity contribution is 0.424. The van der Waals surface area contributed by atoms with E-state index in [2.05, 4.69) is 33.0 Å². The van der Waals surface area contributed by atoms with Gasteiger partial charge in [-0.3, -0.25) is 0 Å². The van der Waals surface area contributed by atoms with Crippen LogP contribution in [0.1, 0.15) is 12.8 Å². The van der Waals surface area contributed by atoms with Gasteiger partial charge in [-0.05, 0) is 31.0 Å². The lowest BCUT2D eigenvalue weighted by atomic mass is 9.91. The zero-order chi connectivity index (χ0) is 11.6. The molecule has 4 heteroatoms. The van der Waals surface area contributed by atoms with Crippen LogP contribution in [0.25, 0.3) is 0 Å². The third-order valence-electron chi connectivity index (χ3n) is 2.92. The fourth-order valence-electron chi connectivity index (χ4n) is 2.07. The fraction of sp³-hybridized carbons (Fsp3) is 0.417. The first-order valence-electron chi connectivity index (χ1n) is 5.34. The first-order valence-corrected chi connectivity index (χ1v) is 6.13. The highest BCUT2D eigenvalue weighted by Gasteiger charge is 2.31. The minimum atomic E-state index is -0.694. The highest BCUT2D eigenvalue weighted by Crippen LogP contribution is 2.26. The molecule has 2 N–H and O–H groups in total. The van der Waals surface area contributed by atoms with Gasteiger partial charge in [-0.25, -0.2) is 0 Å². The summed E-state index contributed by atoms with van der Waals surface area (Å²) in [6.45, 7) is 1.58. The molecule has 0 aliphatic carbocycles. The van der Waals surface area contributed by atoms with Crippen LogP contribution >= 0.6 is 15.9 Å². The number of nitrogens with two attached hydrogens (primary N) is 1. The smallest absolute Gasteiger partial charge is 0.121 e. The van der Waals surface area contributed by atoms with Gasteiger partial charge in [0.2, 0.25) is 0 Å². The van der Waals surface area contributed by atoms with E-state index in [0.717, 1.165) is 29.5 Å². The number of anilines is 1. The van der Waals surface area contributed by atoms with E-state index in [9.17, 15) is 0 Å². The predicted molar refractivity (Wildman–Crippen MR) is 68.1 cm³/mol. The van der Waals surface area contributed by atoms with E-state index in [1.807, 2.05) is 18.2 Å². The fourth-order valence-corrected chi connectivity index (χ4v) is 2.46. The van der Waals surface area contributed by atoms with Gasteiger partial charge in [0.1, 0.15) is 5.54 Å². The third-order valence-corrected chi connectivity index (χ3v) is 3.41. The largest absolute Gasteiger partial charge is 0.369 e. The molecule has 1 unspecified atom stereocenters. The molecule has 3 nitrogen and oxygen atoms in total. The Morgan fingerprint density at radius 1 is 1.50 bits per heavy atom. The molecule has 1 atom stereocenters. The van der Waals surface area contributed by atoms with Gasteiger partial charge in [-0.15, -0.1) is 0 Å². The molecule has 1 aliphatic heterocycles. The number of nitrogens with zero attached hydrogens (tertiary/aromatic N) is 2. The molecular weight excluding hydrogens is 266 g/mol. The van der Waals surface area contributed by atoms with Gasteiger partial charge in [0.25, 0.3) is 0 Å². The van der Waals surface area contributed by atoms with E-state index >= 15 is 0 Å². The van der Waals surface area contributed by atoms with E-state index in [-0.39, 0.29) is 0 Å². The Balaban J connectivity index is 2.20. The van der Waals surface area contributed by atoms with Crippen molar-refractivity contribution >= 4 is 21.6 Å². The van der Waals surface area contributed by atoms with E-state index in [4.69, 9.17) is 11.0 Å². The molecule has 0 bridgehead atoms. The van der Waals surface area contributed by atoms with Crippen LogP contribution in [0.3, 0.4) is 0 Å². The molecule has 2 rings (SSSR count). The molecular formula is C12H14BrN3. The van der Waals surface area contributed by atoms with Gasteiger partial charge in [-0.1, -0.05) is 22.0 Å². The summed E-state index contributed by atoms with van der Waals surface area (Å²) in [5, 5.41) is 9.06. The summed E-state index contributed by atoms with van der Waals surface area (Å²) >= 11 is 3.45. The lowest BCUT2D eigenvalue weighted by Crippen LogP contribution is -2.53. The number of hydrogen-bond donors (Lipinski definition) is 1. The topological polar surface area (TPSA) is 53.1 Å². The van der Waals surface area contributed by atoms with Crippen molar-refractivity contribution in [2.75, 3.05) is 18.0 Å². The highest BCUT2D eigenvalue weighted by molar-refractivity contribution is 9.10. The van der Waals surface area contributed by atoms with Crippen molar-refractivity contribution in [1.29, 1.82) is 5.26 Å². The van der Waals surface area contributed by atoms with Gasteiger partial charge < -0.3 is 10.6 Å². The predicted octanol–water partition coefficient (Wildman–Crippen LogP) is 2.27. The van der Waals surface area contributed by atoms with E-state index in [0.29, 0.717) is 6.54 Å². The van der Waals surface area contributed by atoms with E-state index < -0.39 is 5.54 Å². The molecule has 0 spiro atoms. The van der Waals surface area contributed by atoms with Gasteiger partial charge in [0.15, 0.2) is 0 Å². The van der Waals surface area contributed by atoms with Crippen LogP contribution < -0.4 is 10.6 Å². The SMILES string of the molecule is N#CC1(N)CCCN(c2cccc(Br)c2)C1. The number of nitriles is 1. The lowest BCUT2D eigenvalue weighted by Gasteiger charge is -2.37. The minimum Gasteiger partial charge on any atom is -0.369 e. The number of benzene rings is 1. The summed E-state index contributed by atoms with van der Waals surface area (Å²) < 4.78 is 1.05. The average molecular weight is 280 g/mol. The van der Waals surface area contributed by atoms with Gasteiger partial charge in [-0.2, -0.15) is 5.26 Å². The molecule has 0 radical (unpaired) electrons. The first-order chi connectivity index (χ1) is 7.63. The maximum atomic E-state index is 9.06. The molecule has 0 amide bonds. The second kappa shape index (κ2) is 4.44. The Hall–Kier alpha value is -1.05. The molecule has 0 saturated carbocycles. The van der Waals surface area contributed by atoms with Gasteiger partial charge >= 0.3 is 0 Å². The van der Waals surface area contributed by atoms with Crippen LogP contribution in [-0.4, -0.2) is 18.6 Å². The monoisotopic (exact) mass is 279 g/mol. The van der Waals surface area contributed by atoms with Crippen LogP contribution in [0.5, 0.6) is 0 Å². The Labute approximate surface area is 104 Å². The number of hydrogen-bond acceptors (Lipinski definition) is 3. The maximum Gasteiger partial charge on any atom is 0.121 e. The Bertz CT molecular complexity index is 427. The standard InChI is InChI=1S/C12H14BrN3/c13-10-3-1-4-11(7-10)16-6-2-5-12(15,8-14)9-16/h1,3-4,7H,2,5-6,9,15H2. The number of piperidine rings is 1. The van der Waals surface area contributed by atoms with Crippen molar-refractivity contribution in [2.45, 2.75) is 18.4 Å². The second-order valence-electron chi connectivity index (χ2n) is 4.27. The zero-order valence-corrected chi connectivity index (χ0v) is 10.6. The summed E-state index contributed by atoms with van der Waals surface area (Å²) in [4.78, 5) is 2.18. The van der Waals surface area contributed by atoms with Crippen LogP contribution in [0, 0.1) is 11.3 Å². The summed E-state index contributed by atoms with van der Waals surface area (Å²) in [5.74, 6) is 0. The molecule has 1 aliphatic rings. The van der Waals surface area contributed by atoms with Crippen molar-refractivity contribution in [3.8, 4) is 6.07 Å². The summed E-state index contributed by atoms with van der Waals surface area (Å²) in [7, 11) is 0. The van der Waals surface area contributed by atoms with Crippen molar-refractivity contribution in [3.63, 3.8) is 0 Å². The molecule has 1 aromatic carbocycles. The van der Waals surface area contributed by atoms with Gasteiger partial charge in [0, 0.05) is 23.2 Å². The average Bonchev–Trinajstić information content (AvgIpc) is 2.29. The quantitative estimate of drug-likeness (QED) is 0.858. The van der Waals surface area contributed by atoms with Crippen molar-refractivity contribution < 1.29 is 0 Å². The molecule has 16 heavy (non-hydrogen) atoms. The Morgan fingerprint density at radius 2 is 2.31 bits per heavy atom. The van der Waals surface area contributed by atoms with Crippen molar-refractivity contribution in [1.82, 2.24) is 0 Å². The number of rotatable bonds is 1. The molecule has 1 aromatic rings. The normalized spacial score (nSPS) is 25.2. The zero-order valence-electron chi connectivity index (χ0n) is 8.99. The van der Waals surface area contributed by atoms with Crippen molar-refractivity contribution in [3.05, 3.63) is 28.7 Å². The molecule has 84 valence electrons. The van der Waals surface area contributed by atoms with Crippen LogP contribution in [-0.2, 0) is 0 Å². The molecule has 0 aromatic heterocycles. The Kier molecular flexibility index (Phi) is 3.17. The van der Waals surface area contributed by atoms with E-state index in [1.54, 1.807) is 0 Å². The molecule has 1 fully saturated rings. The highest BCUT2D eigenvalue weighted by atomic mass is 79.9. The van der Waals surface area contributed by atoms with Crippen LogP contribution in [0.15, 0.2) is 28.7 Å². The number of halogens is 1. The molecule has 1 saturated heterocycles. The summed E-state index contributed by atoms with van der Waals surface area (Å²) in [6, 6.07) is 10.3. The van der Waals surface area contributed by atoms with Crippen molar-refractivity contribution in [2.24, 2.45) is 5.73 Å². The van der Waals surface area contributed by atoms with Crippen LogP contribution in [0.4, 0.5) is 5.69 Å². The van der Waals surface area contributed by atoms with E-state index in [1.165, 1.54) is 0 Å². The maximum absolute atomic E-state index is 9.06. The minimum absolute atomic E-state index is 0.611. The summed E-state index contributed by atoms with van der Waals surface area (Å²) in [5.41, 5.74) is 6.44. The Morgan fingerprint density at radius 3 is 3.00 bits per heavy atom. The summed E-state index contributed by atoms with van der Waals surface area (Å²) in [6.07, 6.45) is 1.75. The van der Waals surface area contributed by atoms with Gasteiger partial charge in [0.05, 0.1) is 6.07 Å². The second-order valence-corrected chi connectivity index (χ2v) is 5.19. The first kappa shape index (κ1) is 11.4.